The molecule has 1 aromatic heterocycles. The van der Waals surface area contributed by atoms with Gasteiger partial charge in [0.15, 0.2) is 5.06 Å². The maximum absolute atomic E-state index is 10.9. The van der Waals surface area contributed by atoms with Gasteiger partial charge in [-0.05, 0) is 59.9 Å². The molecule has 0 saturated heterocycles. The molecule has 0 aliphatic carbocycles. The van der Waals surface area contributed by atoms with Gasteiger partial charge in [-0.1, -0.05) is 36.4 Å². The predicted octanol–water partition coefficient (Wildman–Crippen LogP) is 5.69. The number of hydrogen-bond donors (Lipinski definition) is 1. The van der Waals surface area contributed by atoms with Crippen LogP contribution in [-0.4, -0.2) is 11.1 Å². The summed E-state index contributed by atoms with van der Waals surface area (Å²) < 4.78 is 5.89. The first kappa shape index (κ1) is 19.7. The quantitative estimate of drug-likeness (QED) is 0.561. The van der Waals surface area contributed by atoms with Gasteiger partial charge in [0.05, 0.1) is 18.4 Å². The summed E-state index contributed by atoms with van der Waals surface area (Å²) in [5.41, 5.74) is 5.93. The summed E-state index contributed by atoms with van der Waals surface area (Å²) in [6, 6.07) is 20.2. The molecule has 0 aliphatic heterocycles. The van der Waals surface area contributed by atoms with E-state index >= 15 is 0 Å². The van der Waals surface area contributed by atoms with Crippen LogP contribution < -0.4 is 4.74 Å². The standard InChI is InChI=1S/C23H21NO3S/c1-15-5-3-6-16(2)23(15)18-8-4-7-17(11-18)14-27-22-10-9-20(28-22)19(13-24)12-21(25)26/h3-11,19H,12,14H2,1-2H3,(H,25,26). The van der Waals surface area contributed by atoms with Crippen molar-refractivity contribution in [1.29, 1.82) is 5.26 Å². The number of carbonyl (C=O) groups is 1. The Bertz CT molecular complexity index is 1010. The Morgan fingerprint density at radius 3 is 2.54 bits per heavy atom. The van der Waals surface area contributed by atoms with Crippen LogP contribution in [0, 0.1) is 25.2 Å². The van der Waals surface area contributed by atoms with Gasteiger partial charge in [-0.25, -0.2) is 0 Å². The number of hydrogen-bond acceptors (Lipinski definition) is 4. The number of thiophene rings is 1. The number of aryl methyl sites for hydroxylation is 2. The predicted molar refractivity (Wildman–Crippen MR) is 111 cm³/mol. The van der Waals surface area contributed by atoms with Gasteiger partial charge in [-0.15, -0.1) is 11.3 Å². The first-order valence-electron chi connectivity index (χ1n) is 8.97. The lowest BCUT2D eigenvalue weighted by atomic mass is 9.95. The van der Waals surface area contributed by atoms with Crippen molar-refractivity contribution in [3.63, 3.8) is 0 Å². The number of nitrogens with zero attached hydrogens (tertiary/aromatic N) is 1. The second kappa shape index (κ2) is 8.73. The summed E-state index contributed by atoms with van der Waals surface area (Å²) >= 11 is 1.32. The summed E-state index contributed by atoms with van der Waals surface area (Å²) in [6.45, 7) is 4.64. The van der Waals surface area contributed by atoms with Crippen LogP contribution in [0.1, 0.15) is 33.9 Å². The van der Waals surface area contributed by atoms with E-state index in [1.54, 1.807) is 12.1 Å². The lowest BCUT2D eigenvalue weighted by Gasteiger charge is -2.11. The number of aliphatic carboxylic acids is 1. The Hall–Kier alpha value is -3.10. The fourth-order valence-corrected chi connectivity index (χ4v) is 4.13. The molecule has 3 rings (SSSR count). The van der Waals surface area contributed by atoms with Crippen molar-refractivity contribution in [1.82, 2.24) is 0 Å². The van der Waals surface area contributed by atoms with Crippen LogP contribution in [0.5, 0.6) is 5.06 Å². The Balaban J connectivity index is 1.73. The van der Waals surface area contributed by atoms with E-state index in [2.05, 4.69) is 44.2 Å². The summed E-state index contributed by atoms with van der Waals surface area (Å²) in [5, 5.41) is 18.8. The molecule has 0 spiro atoms. The molecule has 0 radical (unpaired) electrons. The van der Waals surface area contributed by atoms with Gasteiger partial charge in [0.2, 0.25) is 0 Å². The molecule has 142 valence electrons. The number of rotatable bonds is 7. The van der Waals surface area contributed by atoms with E-state index in [4.69, 9.17) is 9.84 Å². The molecule has 0 aliphatic rings. The SMILES string of the molecule is Cc1cccc(C)c1-c1cccc(COc2ccc(C(C#N)CC(=O)O)s2)c1. The van der Waals surface area contributed by atoms with Gasteiger partial charge < -0.3 is 9.84 Å². The molecular formula is C23H21NO3S. The molecule has 1 unspecified atom stereocenters. The molecule has 4 nitrogen and oxygen atoms in total. The molecule has 0 amide bonds. The van der Waals surface area contributed by atoms with Gasteiger partial charge in [-0.3, -0.25) is 4.79 Å². The van der Waals surface area contributed by atoms with E-state index in [0.717, 1.165) is 11.1 Å². The Kier molecular flexibility index (Phi) is 6.13. The van der Waals surface area contributed by atoms with Crippen LogP contribution in [0.25, 0.3) is 11.1 Å². The minimum atomic E-state index is -0.981. The van der Waals surface area contributed by atoms with E-state index < -0.39 is 11.9 Å². The number of carboxylic acid groups (broad SMARTS) is 1. The molecule has 1 heterocycles. The second-order valence-electron chi connectivity index (χ2n) is 6.69. The van der Waals surface area contributed by atoms with Gasteiger partial charge in [-0.2, -0.15) is 5.26 Å². The van der Waals surface area contributed by atoms with Crippen LogP contribution in [-0.2, 0) is 11.4 Å². The summed E-state index contributed by atoms with van der Waals surface area (Å²) in [6.07, 6.45) is -0.200. The number of ether oxygens (including phenoxy) is 1. The van der Waals surface area contributed by atoms with E-state index in [-0.39, 0.29) is 6.42 Å². The Morgan fingerprint density at radius 2 is 1.86 bits per heavy atom. The van der Waals surface area contributed by atoms with Crippen molar-refractivity contribution in [3.05, 3.63) is 76.2 Å². The normalized spacial score (nSPS) is 11.6. The van der Waals surface area contributed by atoms with Gasteiger partial charge >= 0.3 is 5.97 Å². The molecule has 5 heteroatoms. The molecule has 1 N–H and O–H groups in total. The van der Waals surface area contributed by atoms with Crippen molar-refractivity contribution in [2.45, 2.75) is 32.8 Å². The third kappa shape index (κ3) is 4.59. The molecular weight excluding hydrogens is 370 g/mol. The number of carboxylic acids is 1. The van der Waals surface area contributed by atoms with Gasteiger partial charge in [0.25, 0.3) is 0 Å². The smallest absolute Gasteiger partial charge is 0.305 e. The maximum Gasteiger partial charge on any atom is 0.305 e. The van der Waals surface area contributed by atoms with Crippen LogP contribution in [0.2, 0.25) is 0 Å². The number of benzene rings is 2. The highest BCUT2D eigenvalue weighted by Crippen LogP contribution is 2.33. The first-order chi connectivity index (χ1) is 13.5. The third-order valence-corrected chi connectivity index (χ3v) is 5.67. The van der Waals surface area contributed by atoms with Crippen molar-refractivity contribution in [3.8, 4) is 22.3 Å². The first-order valence-corrected chi connectivity index (χ1v) is 9.79. The third-order valence-electron chi connectivity index (χ3n) is 4.56. The molecule has 3 aromatic rings. The monoisotopic (exact) mass is 391 g/mol. The average Bonchev–Trinajstić information content (AvgIpc) is 3.13. The molecule has 0 saturated carbocycles. The zero-order chi connectivity index (χ0) is 20.1. The molecule has 0 bridgehead atoms. The fourth-order valence-electron chi connectivity index (χ4n) is 3.22. The van der Waals surface area contributed by atoms with Crippen LogP contribution in [0.15, 0.2) is 54.6 Å². The second-order valence-corrected chi connectivity index (χ2v) is 7.77. The van der Waals surface area contributed by atoms with E-state index in [1.165, 1.54) is 28.0 Å². The zero-order valence-corrected chi connectivity index (χ0v) is 16.6. The van der Waals surface area contributed by atoms with E-state index in [9.17, 15) is 10.1 Å². The molecule has 1 atom stereocenters. The topological polar surface area (TPSA) is 70.3 Å². The Labute approximate surface area is 168 Å². The highest BCUT2D eigenvalue weighted by atomic mass is 32.1. The van der Waals surface area contributed by atoms with Crippen LogP contribution in [0.3, 0.4) is 0 Å². The van der Waals surface area contributed by atoms with Crippen molar-refractivity contribution in [2.24, 2.45) is 0 Å². The summed E-state index contributed by atoms with van der Waals surface area (Å²) in [7, 11) is 0. The minimum absolute atomic E-state index is 0.200. The van der Waals surface area contributed by atoms with Crippen molar-refractivity contribution in [2.75, 3.05) is 0 Å². The summed E-state index contributed by atoms with van der Waals surface area (Å²) in [5.74, 6) is -1.63. The zero-order valence-electron chi connectivity index (χ0n) is 15.8. The minimum Gasteiger partial charge on any atom is -0.481 e. The largest absolute Gasteiger partial charge is 0.481 e. The maximum atomic E-state index is 10.9. The summed E-state index contributed by atoms with van der Waals surface area (Å²) in [4.78, 5) is 11.6. The lowest BCUT2D eigenvalue weighted by molar-refractivity contribution is -0.137. The van der Waals surface area contributed by atoms with E-state index in [1.807, 2.05) is 18.2 Å². The van der Waals surface area contributed by atoms with Crippen LogP contribution in [0.4, 0.5) is 0 Å². The molecule has 0 fully saturated rings. The Morgan fingerprint density at radius 1 is 1.14 bits per heavy atom. The van der Waals surface area contributed by atoms with E-state index in [0.29, 0.717) is 16.5 Å². The highest BCUT2D eigenvalue weighted by Gasteiger charge is 2.17. The van der Waals surface area contributed by atoms with Crippen LogP contribution >= 0.6 is 11.3 Å². The fraction of sp³-hybridized carbons (Fsp3) is 0.217. The average molecular weight is 391 g/mol. The number of nitriles is 1. The van der Waals surface area contributed by atoms with Gasteiger partial charge in [0, 0.05) is 4.88 Å². The highest BCUT2D eigenvalue weighted by molar-refractivity contribution is 7.13. The lowest BCUT2D eigenvalue weighted by Crippen LogP contribution is -2.02. The van der Waals surface area contributed by atoms with Crippen molar-refractivity contribution < 1.29 is 14.6 Å². The molecule has 2 aromatic carbocycles. The molecule has 28 heavy (non-hydrogen) atoms. The van der Waals surface area contributed by atoms with Gasteiger partial charge in [0.1, 0.15) is 6.61 Å². The van der Waals surface area contributed by atoms with Crippen molar-refractivity contribution >= 4 is 17.3 Å².